The number of esters is 1. The lowest BCUT2D eigenvalue weighted by atomic mass is 9.95. The number of nitrogens with zero attached hydrogens (tertiary/aromatic N) is 3. The van der Waals surface area contributed by atoms with Gasteiger partial charge in [0.15, 0.2) is 4.80 Å². The minimum atomic E-state index is -0.682. The van der Waals surface area contributed by atoms with Gasteiger partial charge in [-0.3, -0.25) is 19.5 Å². The van der Waals surface area contributed by atoms with Crippen LogP contribution in [-0.2, 0) is 9.53 Å². The summed E-state index contributed by atoms with van der Waals surface area (Å²) >= 11 is 1.21. The first-order valence-corrected chi connectivity index (χ1v) is 13.1. The van der Waals surface area contributed by atoms with Crippen molar-refractivity contribution in [3.63, 3.8) is 0 Å². The second-order valence-electron chi connectivity index (χ2n) is 9.17. The van der Waals surface area contributed by atoms with E-state index in [9.17, 15) is 19.7 Å². The normalized spacial score (nSPS) is 15.2. The summed E-state index contributed by atoms with van der Waals surface area (Å²) in [5.41, 5.74) is 3.78. The quantitative estimate of drug-likeness (QED) is 0.200. The molecule has 0 spiro atoms. The number of hydrogen-bond donors (Lipinski definition) is 0. The molecule has 1 aliphatic rings. The number of nitro benzene ring substituents is 1. The third-order valence-electron chi connectivity index (χ3n) is 6.50. The second kappa shape index (κ2) is 10.3. The van der Waals surface area contributed by atoms with E-state index in [1.807, 2.05) is 31.2 Å². The van der Waals surface area contributed by atoms with Gasteiger partial charge in [0.05, 0.1) is 33.4 Å². The molecule has 0 fully saturated rings. The number of benzene rings is 2. The maximum Gasteiger partial charge on any atom is 0.338 e. The largest absolute Gasteiger partial charge is 0.463 e. The highest BCUT2D eigenvalue weighted by molar-refractivity contribution is 7.07. The monoisotopic (exact) mass is 543 g/mol. The first-order chi connectivity index (χ1) is 18.7. The van der Waals surface area contributed by atoms with E-state index in [0.29, 0.717) is 37.7 Å². The van der Waals surface area contributed by atoms with Crippen LogP contribution in [0.3, 0.4) is 0 Å². The van der Waals surface area contributed by atoms with Crippen LogP contribution < -0.4 is 14.9 Å². The lowest BCUT2D eigenvalue weighted by molar-refractivity contribution is -0.384. The van der Waals surface area contributed by atoms with E-state index in [2.05, 4.69) is 4.99 Å². The van der Waals surface area contributed by atoms with Crippen molar-refractivity contribution in [3.05, 3.63) is 118 Å². The van der Waals surface area contributed by atoms with Gasteiger partial charge in [-0.05, 0) is 57.0 Å². The number of furan rings is 1. The molecule has 198 valence electrons. The standard InChI is InChI=1S/C29H25N3O6S/c1-5-37-28(34)25-18(4)30-29-31(26(25)19-8-6-16(2)7-9-19)27(33)24(39-29)15-21-11-13-23(38-21)22-12-10-20(32(35)36)14-17(22)3/h6-15,26H,5H2,1-4H3/b24-15-/t26-/m1/s1. The fourth-order valence-electron chi connectivity index (χ4n) is 4.60. The lowest BCUT2D eigenvalue weighted by Crippen LogP contribution is -2.39. The molecular formula is C29H25N3O6S. The fraction of sp³-hybridized carbons (Fsp3) is 0.207. The van der Waals surface area contributed by atoms with Crippen LogP contribution >= 0.6 is 11.3 Å². The minimum absolute atomic E-state index is 0.00440. The number of hydrogen-bond acceptors (Lipinski definition) is 8. The van der Waals surface area contributed by atoms with Crippen LogP contribution in [0, 0.1) is 24.0 Å². The summed E-state index contributed by atoms with van der Waals surface area (Å²) in [7, 11) is 0. The van der Waals surface area contributed by atoms with Crippen molar-refractivity contribution in [3.8, 4) is 11.3 Å². The van der Waals surface area contributed by atoms with Crippen molar-refractivity contribution in [2.75, 3.05) is 6.61 Å². The molecule has 0 saturated heterocycles. The van der Waals surface area contributed by atoms with Gasteiger partial charge in [0.2, 0.25) is 0 Å². The number of aromatic nitrogens is 1. The Balaban J connectivity index is 1.60. The SMILES string of the molecule is CCOC(=O)C1=C(C)N=c2s/c(=C\c3ccc(-c4ccc([N+](=O)[O-])cc4C)o3)c(=O)n2[C@@H]1c1ccc(C)cc1. The molecule has 5 rings (SSSR count). The zero-order chi connectivity index (χ0) is 27.8. The maximum atomic E-state index is 13.7. The van der Waals surface area contributed by atoms with Crippen molar-refractivity contribution in [2.24, 2.45) is 4.99 Å². The van der Waals surface area contributed by atoms with Crippen LogP contribution in [-0.4, -0.2) is 22.1 Å². The second-order valence-corrected chi connectivity index (χ2v) is 10.2. The van der Waals surface area contributed by atoms with Crippen LogP contribution in [0.25, 0.3) is 17.4 Å². The Morgan fingerprint density at radius 1 is 1.15 bits per heavy atom. The molecule has 39 heavy (non-hydrogen) atoms. The van der Waals surface area contributed by atoms with E-state index in [4.69, 9.17) is 9.15 Å². The number of nitro groups is 1. The van der Waals surface area contributed by atoms with E-state index in [1.165, 1.54) is 28.0 Å². The van der Waals surface area contributed by atoms with Crippen molar-refractivity contribution >= 4 is 29.1 Å². The summed E-state index contributed by atoms with van der Waals surface area (Å²) in [6.07, 6.45) is 1.64. The van der Waals surface area contributed by atoms with Crippen molar-refractivity contribution in [2.45, 2.75) is 33.7 Å². The van der Waals surface area contributed by atoms with Crippen molar-refractivity contribution in [1.82, 2.24) is 4.57 Å². The van der Waals surface area contributed by atoms with Crippen molar-refractivity contribution < 1.29 is 18.9 Å². The van der Waals surface area contributed by atoms with Gasteiger partial charge in [-0.1, -0.05) is 41.2 Å². The average molecular weight is 544 g/mol. The molecule has 0 aliphatic carbocycles. The van der Waals surface area contributed by atoms with Crippen LogP contribution in [0.5, 0.6) is 0 Å². The maximum absolute atomic E-state index is 13.7. The van der Waals surface area contributed by atoms with Gasteiger partial charge in [0.1, 0.15) is 11.5 Å². The number of allylic oxidation sites excluding steroid dienone is 1. The number of rotatable bonds is 6. The van der Waals surface area contributed by atoms with Crippen molar-refractivity contribution in [1.29, 1.82) is 0 Å². The number of thiazole rings is 1. The van der Waals surface area contributed by atoms with E-state index in [-0.39, 0.29) is 17.9 Å². The summed E-state index contributed by atoms with van der Waals surface area (Å²) in [4.78, 5) is 42.4. The summed E-state index contributed by atoms with van der Waals surface area (Å²) in [6, 6.07) is 15.1. The first-order valence-electron chi connectivity index (χ1n) is 12.3. The first kappa shape index (κ1) is 26.1. The van der Waals surface area contributed by atoms with E-state index < -0.39 is 16.9 Å². The topological polar surface area (TPSA) is 117 Å². The van der Waals surface area contributed by atoms with E-state index >= 15 is 0 Å². The van der Waals surface area contributed by atoms with Gasteiger partial charge in [-0.25, -0.2) is 9.79 Å². The third-order valence-corrected chi connectivity index (χ3v) is 7.48. The Bertz CT molecular complexity index is 1830. The Morgan fingerprint density at radius 2 is 1.90 bits per heavy atom. The predicted molar refractivity (Wildman–Crippen MR) is 147 cm³/mol. The molecular weight excluding hydrogens is 518 g/mol. The highest BCUT2D eigenvalue weighted by Crippen LogP contribution is 2.31. The Morgan fingerprint density at radius 3 is 2.56 bits per heavy atom. The molecule has 9 nitrogen and oxygen atoms in total. The number of non-ortho nitro benzene ring substituents is 1. The predicted octanol–water partition coefficient (Wildman–Crippen LogP) is 4.58. The van der Waals surface area contributed by atoms with E-state index in [1.54, 1.807) is 45.0 Å². The Hall–Kier alpha value is -4.57. The smallest absolute Gasteiger partial charge is 0.338 e. The van der Waals surface area contributed by atoms with Crippen LogP contribution in [0.1, 0.15) is 42.3 Å². The molecule has 2 aromatic carbocycles. The van der Waals surface area contributed by atoms with Crippen LogP contribution in [0.15, 0.2) is 80.1 Å². The molecule has 1 aliphatic heterocycles. The molecule has 0 radical (unpaired) electrons. The van der Waals surface area contributed by atoms with Gasteiger partial charge < -0.3 is 9.15 Å². The molecule has 1 atom stereocenters. The Labute approximate surface area is 227 Å². The van der Waals surface area contributed by atoms with Crippen LogP contribution in [0.2, 0.25) is 0 Å². The summed E-state index contributed by atoms with van der Waals surface area (Å²) in [5, 5.41) is 11.1. The van der Waals surface area contributed by atoms with Gasteiger partial charge in [-0.2, -0.15) is 0 Å². The number of fused-ring (bicyclic) bond motifs is 1. The zero-order valence-corrected chi connectivity index (χ0v) is 22.6. The summed E-state index contributed by atoms with van der Waals surface area (Å²) in [5.74, 6) is 0.466. The number of carbonyl (C=O) groups excluding carboxylic acids is 1. The summed E-state index contributed by atoms with van der Waals surface area (Å²) in [6.45, 7) is 7.43. The van der Waals surface area contributed by atoms with Gasteiger partial charge in [0, 0.05) is 23.8 Å². The third kappa shape index (κ3) is 4.86. The molecule has 0 saturated carbocycles. The van der Waals surface area contributed by atoms with Gasteiger partial charge in [-0.15, -0.1) is 0 Å². The average Bonchev–Trinajstić information content (AvgIpc) is 3.48. The highest BCUT2D eigenvalue weighted by Gasteiger charge is 2.33. The number of ether oxygens (including phenoxy) is 1. The highest BCUT2D eigenvalue weighted by atomic mass is 32.1. The van der Waals surface area contributed by atoms with Crippen LogP contribution in [0.4, 0.5) is 5.69 Å². The molecule has 2 aromatic heterocycles. The zero-order valence-electron chi connectivity index (χ0n) is 21.8. The fourth-order valence-corrected chi connectivity index (χ4v) is 5.62. The molecule has 0 bridgehead atoms. The Kier molecular flexibility index (Phi) is 6.88. The molecule has 0 amide bonds. The molecule has 0 N–H and O–H groups in total. The number of aryl methyl sites for hydroxylation is 2. The number of carbonyl (C=O) groups is 1. The summed E-state index contributed by atoms with van der Waals surface area (Å²) < 4.78 is 13.3. The molecule has 10 heteroatoms. The van der Waals surface area contributed by atoms with Gasteiger partial charge >= 0.3 is 5.97 Å². The van der Waals surface area contributed by atoms with E-state index in [0.717, 1.165) is 16.7 Å². The minimum Gasteiger partial charge on any atom is -0.463 e. The lowest BCUT2D eigenvalue weighted by Gasteiger charge is -2.24. The molecule has 3 heterocycles. The van der Waals surface area contributed by atoms with Gasteiger partial charge in [0.25, 0.3) is 11.2 Å². The molecule has 0 unspecified atom stereocenters. The molecule has 4 aromatic rings.